The lowest BCUT2D eigenvalue weighted by molar-refractivity contribution is -0.120. The molecule has 0 saturated carbocycles. The molecule has 106 valence electrons. The Balaban J connectivity index is 2.35. The Labute approximate surface area is 118 Å². The highest BCUT2D eigenvalue weighted by Crippen LogP contribution is 2.27. The summed E-state index contributed by atoms with van der Waals surface area (Å²) in [6.07, 6.45) is 1.68. The Hall–Kier alpha value is -2.17. The fourth-order valence-electron chi connectivity index (χ4n) is 2.35. The zero-order valence-corrected chi connectivity index (χ0v) is 12.0. The van der Waals surface area contributed by atoms with Gasteiger partial charge in [-0.25, -0.2) is 0 Å². The van der Waals surface area contributed by atoms with Crippen LogP contribution in [0.25, 0.3) is 10.9 Å². The number of aromatic nitrogens is 2. The number of carbonyl (C=O) groups excluding carboxylic acids is 2. The molecule has 0 aliphatic carbocycles. The van der Waals surface area contributed by atoms with Crippen molar-refractivity contribution in [3.8, 4) is 0 Å². The van der Waals surface area contributed by atoms with Crippen LogP contribution in [-0.2, 0) is 16.6 Å². The van der Waals surface area contributed by atoms with Gasteiger partial charge in [-0.1, -0.05) is 12.1 Å². The number of hydrogen-bond acceptors (Lipinski definition) is 3. The van der Waals surface area contributed by atoms with Crippen molar-refractivity contribution >= 4 is 23.1 Å². The second kappa shape index (κ2) is 5.86. The number of benzene rings is 1. The zero-order chi connectivity index (χ0) is 14.7. The van der Waals surface area contributed by atoms with Crippen molar-refractivity contribution in [1.82, 2.24) is 15.1 Å². The monoisotopic (exact) mass is 273 g/mol. The number of amides is 1. The molecular weight excluding hydrogens is 254 g/mol. The van der Waals surface area contributed by atoms with Crippen LogP contribution in [0, 0.1) is 6.92 Å². The first-order valence-corrected chi connectivity index (χ1v) is 6.66. The van der Waals surface area contributed by atoms with Gasteiger partial charge in [-0.3, -0.25) is 9.48 Å². The van der Waals surface area contributed by atoms with Gasteiger partial charge in [0.15, 0.2) is 0 Å². The van der Waals surface area contributed by atoms with Crippen molar-refractivity contribution in [2.24, 2.45) is 7.05 Å². The predicted molar refractivity (Wildman–Crippen MR) is 77.6 cm³/mol. The molecule has 1 N–H and O–H groups in total. The first kappa shape index (κ1) is 14.2. The molecule has 2 rings (SSSR count). The minimum Gasteiger partial charge on any atom is -0.359 e. The molecular formula is C15H19N3O2. The molecule has 1 amide bonds. The molecule has 5 nitrogen and oxygen atoms in total. The van der Waals surface area contributed by atoms with Crippen molar-refractivity contribution < 1.29 is 9.59 Å². The fourth-order valence-corrected chi connectivity index (χ4v) is 2.35. The molecule has 2 aromatic rings. The van der Waals surface area contributed by atoms with Crippen molar-refractivity contribution in [2.75, 3.05) is 7.05 Å². The molecule has 0 spiro atoms. The highest BCUT2D eigenvalue weighted by molar-refractivity contribution is 5.86. The Morgan fingerprint density at radius 1 is 1.50 bits per heavy atom. The van der Waals surface area contributed by atoms with E-state index in [-0.39, 0.29) is 11.8 Å². The van der Waals surface area contributed by atoms with Crippen LogP contribution in [0.1, 0.15) is 30.0 Å². The van der Waals surface area contributed by atoms with E-state index in [0.717, 1.165) is 28.4 Å². The zero-order valence-electron chi connectivity index (χ0n) is 12.0. The summed E-state index contributed by atoms with van der Waals surface area (Å²) in [5.41, 5.74) is 2.91. The Bertz CT molecular complexity index is 646. The van der Waals surface area contributed by atoms with E-state index in [1.165, 1.54) is 0 Å². The van der Waals surface area contributed by atoms with Crippen molar-refractivity contribution in [2.45, 2.75) is 25.7 Å². The SMILES string of the molecule is CNC(=O)CCC(C=O)c1nn(C)c2cc(C)ccc12. The highest BCUT2D eigenvalue weighted by atomic mass is 16.1. The Morgan fingerprint density at radius 3 is 2.90 bits per heavy atom. The van der Waals surface area contributed by atoms with Gasteiger partial charge in [-0.05, 0) is 25.0 Å². The van der Waals surface area contributed by atoms with E-state index >= 15 is 0 Å². The number of fused-ring (bicyclic) bond motifs is 1. The molecule has 0 aliphatic rings. The van der Waals surface area contributed by atoms with E-state index in [1.807, 2.05) is 32.2 Å². The summed E-state index contributed by atoms with van der Waals surface area (Å²) in [7, 11) is 3.46. The maximum atomic E-state index is 11.3. The molecule has 1 aromatic carbocycles. The molecule has 5 heteroatoms. The third-order valence-corrected chi connectivity index (χ3v) is 3.51. The first-order chi connectivity index (χ1) is 9.56. The van der Waals surface area contributed by atoms with Crippen molar-refractivity contribution in [3.05, 3.63) is 29.5 Å². The lowest BCUT2D eigenvalue weighted by Gasteiger charge is -2.07. The van der Waals surface area contributed by atoms with E-state index in [2.05, 4.69) is 10.4 Å². The van der Waals surface area contributed by atoms with Crippen LogP contribution in [0.3, 0.4) is 0 Å². The molecule has 0 aliphatic heterocycles. The average molecular weight is 273 g/mol. The minimum atomic E-state index is -0.348. The average Bonchev–Trinajstić information content (AvgIpc) is 2.76. The van der Waals surface area contributed by atoms with E-state index in [4.69, 9.17) is 0 Å². The molecule has 1 aromatic heterocycles. The summed E-state index contributed by atoms with van der Waals surface area (Å²) in [6, 6.07) is 6.05. The van der Waals surface area contributed by atoms with Crippen LogP contribution in [0.4, 0.5) is 0 Å². The van der Waals surface area contributed by atoms with Crippen LogP contribution in [0.5, 0.6) is 0 Å². The lowest BCUT2D eigenvalue weighted by Crippen LogP contribution is -2.18. The van der Waals surface area contributed by atoms with Crippen LogP contribution in [-0.4, -0.2) is 29.0 Å². The van der Waals surface area contributed by atoms with E-state index in [0.29, 0.717) is 12.8 Å². The van der Waals surface area contributed by atoms with Gasteiger partial charge in [0.2, 0.25) is 5.91 Å². The molecule has 0 saturated heterocycles. The van der Waals surface area contributed by atoms with Gasteiger partial charge in [0.05, 0.1) is 17.1 Å². The van der Waals surface area contributed by atoms with Crippen LogP contribution < -0.4 is 5.32 Å². The van der Waals surface area contributed by atoms with E-state index < -0.39 is 0 Å². The molecule has 1 atom stereocenters. The second-order valence-corrected chi connectivity index (χ2v) is 4.98. The van der Waals surface area contributed by atoms with Gasteiger partial charge in [0, 0.05) is 25.9 Å². The lowest BCUT2D eigenvalue weighted by atomic mass is 9.97. The number of aryl methyl sites for hydroxylation is 2. The number of carbonyl (C=O) groups is 2. The Kier molecular flexibility index (Phi) is 4.17. The second-order valence-electron chi connectivity index (χ2n) is 4.98. The molecule has 1 unspecified atom stereocenters. The molecule has 0 fully saturated rings. The normalized spacial score (nSPS) is 12.3. The number of hydrogen-bond donors (Lipinski definition) is 1. The third kappa shape index (κ3) is 2.71. The van der Waals surface area contributed by atoms with Gasteiger partial charge in [0.1, 0.15) is 6.29 Å². The highest BCUT2D eigenvalue weighted by Gasteiger charge is 2.19. The van der Waals surface area contributed by atoms with E-state index in [1.54, 1.807) is 11.7 Å². The summed E-state index contributed by atoms with van der Waals surface area (Å²) in [6.45, 7) is 2.02. The van der Waals surface area contributed by atoms with Gasteiger partial charge >= 0.3 is 0 Å². The summed E-state index contributed by atoms with van der Waals surface area (Å²) in [5, 5.41) is 8.00. The summed E-state index contributed by atoms with van der Waals surface area (Å²) in [5.74, 6) is -0.411. The van der Waals surface area contributed by atoms with Gasteiger partial charge < -0.3 is 10.1 Å². The fraction of sp³-hybridized carbons (Fsp3) is 0.400. The largest absolute Gasteiger partial charge is 0.359 e. The smallest absolute Gasteiger partial charge is 0.219 e. The molecule has 20 heavy (non-hydrogen) atoms. The summed E-state index contributed by atoms with van der Waals surface area (Å²) < 4.78 is 1.79. The predicted octanol–water partition coefficient (Wildman–Crippen LogP) is 1.69. The van der Waals surface area contributed by atoms with Crippen LogP contribution in [0.2, 0.25) is 0 Å². The van der Waals surface area contributed by atoms with Crippen molar-refractivity contribution in [3.63, 3.8) is 0 Å². The van der Waals surface area contributed by atoms with Crippen LogP contribution in [0.15, 0.2) is 18.2 Å². The van der Waals surface area contributed by atoms with Gasteiger partial charge in [-0.2, -0.15) is 5.10 Å². The van der Waals surface area contributed by atoms with Gasteiger partial charge in [0.25, 0.3) is 0 Å². The van der Waals surface area contributed by atoms with E-state index in [9.17, 15) is 9.59 Å². The molecule has 0 bridgehead atoms. The maximum Gasteiger partial charge on any atom is 0.219 e. The first-order valence-electron chi connectivity index (χ1n) is 6.66. The van der Waals surface area contributed by atoms with Crippen molar-refractivity contribution in [1.29, 1.82) is 0 Å². The third-order valence-electron chi connectivity index (χ3n) is 3.51. The molecule has 0 radical (unpaired) electrons. The quantitative estimate of drug-likeness (QED) is 0.843. The molecule has 1 heterocycles. The number of nitrogens with one attached hydrogen (secondary N) is 1. The Morgan fingerprint density at radius 2 is 2.25 bits per heavy atom. The summed E-state index contributed by atoms with van der Waals surface area (Å²) >= 11 is 0. The number of aldehydes is 1. The van der Waals surface area contributed by atoms with Gasteiger partial charge in [-0.15, -0.1) is 0 Å². The standard InChI is InChI=1S/C15H19N3O2/c1-10-4-6-12-13(8-10)18(3)17-15(12)11(9-19)5-7-14(20)16-2/h4,6,8-9,11H,5,7H2,1-3H3,(H,16,20). The number of rotatable bonds is 5. The number of nitrogens with zero attached hydrogens (tertiary/aromatic N) is 2. The maximum absolute atomic E-state index is 11.3. The summed E-state index contributed by atoms with van der Waals surface area (Å²) in [4.78, 5) is 22.7. The topological polar surface area (TPSA) is 64.0 Å². The van der Waals surface area contributed by atoms with Crippen LogP contribution >= 0.6 is 0 Å². The minimum absolute atomic E-state index is 0.0621.